The van der Waals surface area contributed by atoms with Crippen LogP contribution in [0.2, 0.25) is 0 Å². The lowest BCUT2D eigenvalue weighted by molar-refractivity contribution is 0.152. The summed E-state index contributed by atoms with van der Waals surface area (Å²) in [6, 6.07) is 6.82. The summed E-state index contributed by atoms with van der Waals surface area (Å²) in [5, 5.41) is 18.5. The molecule has 102 valence electrons. The van der Waals surface area contributed by atoms with Crippen molar-refractivity contribution in [3.63, 3.8) is 0 Å². The second-order valence-corrected chi connectivity index (χ2v) is 4.08. The fourth-order valence-corrected chi connectivity index (χ4v) is 1.76. The summed E-state index contributed by atoms with van der Waals surface area (Å²) in [5.74, 6) is 0. The van der Waals surface area contributed by atoms with Gasteiger partial charge in [0.2, 0.25) is 0 Å². The van der Waals surface area contributed by atoms with Gasteiger partial charge in [-0.3, -0.25) is 0 Å². The van der Waals surface area contributed by atoms with E-state index in [1.807, 2.05) is 6.92 Å². The van der Waals surface area contributed by atoms with E-state index in [-0.39, 0.29) is 13.2 Å². The Kier molecular flexibility index (Phi) is 6.01. The van der Waals surface area contributed by atoms with Gasteiger partial charge in [0.25, 0.3) is 6.43 Å². The highest BCUT2D eigenvalue weighted by Gasteiger charge is 2.13. The minimum absolute atomic E-state index is 0.167. The van der Waals surface area contributed by atoms with Crippen LogP contribution in [0.4, 0.5) is 14.5 Å². The molecule has 0 fully saturated rings. The summed E-state index contributed by atoms with van der Waals surface area (Å²) in [4.78, 5) is 1.42. The van der Waals surface area contributed by atoms with Gasteiger partial charge in [0.05, 0.1) is 19.3 Å². The molecule has 3 nitrogen and oxygen atoms in total. The molecule has 1 rings (SSSR count). The summed E-state index contributed by atoms with van der Waals surface area (Å²) in [6.45, 7) is 1.45. The third-order valence-electron chi connectivity index (χ3n) is 2.76. The van der Waals surface area contributed by atoms with Crippen molar-refractivity contribution in [1.29, 1.82) is 0 Å². The van der Waals surface area contributed by atoms with E-state index in [1.54, 1.807) is 24.3 Å². The normalized spacial score (nSPS) is 12.8. The molecule has 1 aromatic carbocycles. The summed E-state index contributed by atoms with van der Waals surface area (Å²) in [6.07, 6.45) is -2.37. The number of anilines is 1. The SMILES string of the molecule is CC[C@@H](O)c1ccc(N(CCO)CC(F)F)cc1. The molecule has 0 aliphatic rings. The zero-order chi connectivity index (χ0) is 13.5. The van der Waals surface area contributed by atoms with E-state index >= 15 is 0 Å². The zero-order valence-corrected chi connectivity index (χ0v) is 10.4. The van der Waals surface area contributed by atoms with Gasteiger partial charge >= 0.3 is 0 Å². The average Bonchev–Trinajstić information content (AvgIpc) is 2.37. The highest BCUT2D eigenvalue weighted by atomic mass is 19.3. The van der Waals surface area contributed by atoms with E-state index in [0.29, 0.717) is 12.1 Å². The first-order valence-electron chi connectivity index (χ1n) is 6.00. The number of aliphatic hydroxyl groups is 2. The fraction of sp³-hybridized carbons (Fsp3) is 0.538. The number of hydrogen-bond acceptors (Lipinski definition) is 3. The summed E-state index contributed by atoms with van der Waals surface area (Å²) in [7, 11) is 0. The average molecular weight is 259 g/mol. The Morgan fingerprint density at radius 3 is 2.28 bits per heavy atom. The van der Waals surface area contributed by atoms with Crippen LogP contribution in [0.15, 0.2) is 24.3 Å². The monoisotopic (exact) mass is 259 g/mol. The molecule has 0 amide bonds. The molecule has 0 heterocycles. The van der Waals surface area contributed by atoms with Crippen LogP contribution < -0.4 is 4.90 Å². The number of halogens is 2. The van der Waals surface area contributed by atoms with Crippen LogP contribution in [-0.4, -0.2) is 36.3 Å². The molecule has 0 unspecified atom stereocenters. The molecule has 1 atom stereocenters. The van der Waals surface area contributed by atoms with Crippen molar-refractivity contribution in [3.8, 4) is 0 Å². The van der Waals surface area contributed by atoms with Crippen molar-refractivity contribution >= 4 is 5.69 Å². The number of aliphatic hydroxyl groups excluding tert-OH is 2. The van der Waals surface area contributed by atoms with E-state index in [1.165, 1.54) is 4.90 Å². The van der Waals surface area contributed by atoms with Crippen LogP contribution in [0.5, 0.6) is 0 Å². The molecule has 0 saturated carbocycles. The van der Waals surface area contributed by atoms with Gasteiger partial charge in [0.1, 0.15) is 0 Å². The predicted molar refractivity (Wildman–Crippen MR) is 67.0 cm³/mol. The second kappa shape index (κ2) is 7.28. The second-order valence-electron chi connectivity index (χ2n) is 4.08. The van der Waals surface area contributed by atoms with Gasteiger partial charge in [0, 0.05) is 12.2 Å². The third-order valence-corrected chi connectivity index (χ3v) is 2.76. The molecule has 1 aromatic rings. The molecule has 5 heteroatoms. The van der Waals surface area contributed by atoms with Crippen molar-refractivity contribution in [3.05, 3.63) is 29.8 Å². The molecule has 0 bridgehead atoms. The Labute approximate surface area is 106 Å². The summed E-state index contributed by atoms with van der Waals surface area (Å²) < 4.78 is 24.8. The van der Waals surface area contributed by atoms with Crippen LogP contribution in [0.1, 0.15) is 25.0 Å². The molecular formula is C13H19F2NO2. The standard InChI is InChI=1S/C13H19F2NO2/c1-2-12(18)10-3-5-11(6-4-10)16(7-8-17)9-13(14)15/h3-6,12-13,17-18H,2,7-9H2,1H3/t12-/m1/s1. The van der Waals surface area contributed by atoms with Crippen LogP contribution in [0.25, 0.3) is 0 Å². The smallest absolute Gasteiger partial charge is 0.255 e. The maximum absolute atomic E-state index is 12.4. The Hall–Kier alpha value is -1.20. The van der Waals surface area contributed by atoms with Gasteiger partial charge in [-0.2, -0.15) is 0 Å². The number of benzene rings is 1. The maximum Gasteiger partial charge on any atom is 0.255 e. The molecular weight excluding hydrogens is 240 g/mol. The van der Waals surface area contributed by atoms with Gasteiger partial charge in [-0.15, -0.1) is 0 Å². The van der Waals surface area contributed by atoms with E-state index in [0.717, 1.165) is 5.56 Å². The van der Waals surface area contributed by atoms with Gasteiger partial charge in [-0.05, 0) is 24.1 Å². The first-order chi connectivity index (χ1) is 8.58. The van der Waals surface area contributed by atoms with Gasteiger partial charge in [0.15, 0.2) is 0 Å². The number of rotatable bonds is 7. The van der Waals surface area contributed by atoms with Crippen molar-refractivity contribution in [1.82, 2.24) is 0 Å². The van der Waals surface area contributed by atoms with Crippen molar-refractivity contribution in [2.24, 2.45) is 0 Å². The Balaban J connectivity index is 2.79. The van der Waals surface area contributed by atoms with Crippen molar-refractivity contribution < 1.29 is 19.0 Å². The lowest BCUT2D eigenvalue weighted by atomic mass is 10.1. The fourth-order valence-electron chi connectivity index (χ4n) is 1.76. The Morgan fingerprint density at radius 2 is 1.83 bits per heavy atom. The molecule has 0 radical (unpaired) electrons. The highest BCUT2D eigenvalue weighted by Crippen LogP contribution is 2.21. The van der Waals surface area contributed by atoms with Crippen LogP contribution in [-0.2, 0) is 0 Å². The van der Waals surface area contributed by atoms with Gasteiger partial charge < -0.3 is 15.1 Å². The summed E-state index contributed by atoms with van der Waals surface area (Å²) >= 11 is 0. The maximum atomic E-state index is 12.4. The lowest BCUT2D eigenvalue weighted by Crippen LogP contribution is -2.31. The number of nitrogens with zero attached hydrogens (tertiary/aromatic N) is 1. The summed E-state index contributed by atoms with van der Waals surface area (Å²) in [5.41, 5.74) is 1.39. The first-order valence-corrected chi connectivity index (χ1v) is 6.00. The predicted octanol–water partition coefficient (Wildman–Crippen LogP) is 2.19. The van der Waals surface area contributed by atoms with Crippen molar-refractivity contribution in [2.45, 2.75) is 25.9 Å². The Morgan fingerprint density at radius 1 is 1.22 bits per heavy atom. The van der Waals surface area contributed by atoms with E-state index in [9.17, 15) is 13.9 Å². The van der Waals surface area contributed by atoms with Crippen LogP contribution in [0.3, 0.4) is 0 Å². The van der Waals surface area contributed by atoms with Crippen LogP contribution in [0, 0.1) is 0 Å². The molecule has 0 spiro atoms. The largest absolute Gasteiger partial charge is 0.395 e. The van der Waals surface area contributed by atoms with Gasteiger partial charge in [-0.1, -0.05) is 19.1 Å². The molecule has 0 aliphatic heterocycles. The molecule has 2 N–H and O–H groups in total. The number of hydrogen-bond donors (Lipinski definition) is 2. The lowest BCUT2D eigenvalue weighted by Gasteiger charge is -2.24. The van der Waals surface area contributed by atoms with E-state index in [4.69, 9.17) is 5.11 Å². The number of alkyl halides is 2. The van der Waals surface area contributed by atoms with Crippen molar-refractivity contribution in [2.75, 3.05) is 24.6 Å². The van der Waals surface area contributed by atoms with Gasteiger partial charge in [-0.25, -0.2) is 8.78 Å². The topological polar surface area (TPSA) is 43.7 Å². The highest BCUT2D eigenvalue weighted by molar-refractivity contribution is 5.48. The molecule has 0 aliphatic carbocycles. The zero-order valence-electron chi connectivity index (χ0n) is 10.4. The van der Waals surface area contributed by atoms with E-state index in [2.05, 4.69) is 0 Å². The van der Waals surface area contributed by atoms with E-state index < -0.39 is 19.1 Å². The Bertz CT molecular complexity index is 343. The first kappa shape index (κ1) is 14.9. The molecule has 18 heavy (non-hydrogen) atoms. The quantitative estimate of drug-likeness (QED) is 0.789. The minimum Gasteiger partial charge on any atom is -0.395 e. The van der Waals surface area contributed by atoms with Crippen LogP contribution >= 0.6 is 0 Å². The minimum atomic E-state index is -2.45. The molecule has 0 saturated heterocycles. The molecule has 0 aromatic heterocycles. The third kappa shape index (κ3) is 4.23.